The van der Waals surface area contributed by atoms with E-state index < -0.39 is 28.5 Å². The van der Waals surface area contributed by atoms with Crippen LogP contribution in [0.2, 0.25) is 0 Å². The first-order valence-corrected chi connectivity index (χ1v) is 14.3. The number of sulfonamides is 1. The van der Waals surface area contributed by atoms with Gasteiger partial charge in [0.15, 0.2) is 0 Å². The van der Waals surface area contributed by atoms with Crippen LogP contribution in [0.25, 0.3) is 0 Å². The minimum Gasteiger partial charge on any atom is -0.497 e. The van der Waals surface area contributed by atoms with E-state index in [1.54, 1.807) is 75.6 Å². The maximum atomic E-state index is 13.8. The average molecular weight is 603 g/mol. The van der Waals surface area contributed by atoms with Gasteiger partial charge in [0.25, 0.3) is 10.0 Å². The van der Waals surface area contributed by atoms with Crippen LogP contribution in [-0.4, -0.2) is 51.4 Å². The molecule has 8 nitrogen and oxygen atoms in total. The fourth-order valence-corrected chi connectivity index (χ4v) is 5.66. The standard InChI is InChI=1S/C28H32BrN3O5S/c1-5-30-28(34)21(3)31(18-22-8-6-11-25(16-22)37-4)27(33)19-32(24-10-7-9-23(29)17-24)38(35,36)26-14-12-20(2)13-15-26/h6-17,21H,5,18-19H2,1-4H3,(H,30,34)/t21-/m1/s1. The van der Waals surface area contributed by atoms with Crippen LogP contribution in [0.3, 0.4) is 0 Å². The molecule has 3 aromatic carbocycles. The molecule has 0 bridgehead atoms. The molecule has 2 amide bonds. The van der Waals surface area contributed by atoms with E-state index >= 15 is 0 Å². The topological polar surface area (TPSA) is 96.0 Å². The molecule has 0 spiro atoms. The van der Waals surface area contributed by atoms with E-state index in [2.05, 4.69) is 21.2 Å². The minimum absolute atomic E-state index is 0.0620. The van der Waals surface area contributed by atoms with Crippen molar-refractivity contribution in [3.63, 3.8) is 0 Å². The van der Waals surface area contributed by atoms with E-state index in [0.717, 1.165) is 15.4 Å². The largest absolute Gasteiger partial charge is 0.497 e. The van der Waals surface area contributed by atoms with Gasteiger partial charge in [-0.05, 0) is 68.8 Å². The minimum atomic E-state index is -4.11. The van der Waals surface area contributed by atoms with Gasteiger partial charge in [0, 0.05) is 17.6 Å². The monoisotopic (exact) mass is 601 g/mol. The summed E-state index contributed by atoms with van der Waals surface area (Å²) in [6, 6.07) is 19.5. The molecular weight excluding hydrogens is 570 g/mol. The van der Waals surface area contributed by atoms with E-state index in [1.807, 2.05) is 13.0 Å². The molecule has 0 aliphatic carbocycles. The van der Waals surface area contributed by atoms with Gasteiger partial charge in [-0.3, -0.25) is 13.9 Å². The summed E-state index contributed by atoms with van der Waals surface area (Å²) < 4.78 is 34.7. The van der Waals surface area contributed by atoms with Crippen LogP contribution in [0.5, 0.6) is 5.75 Å². The SMILES string of the molecule is CCNC(=O)[C@@H](C)N(Cc1cccc(OC)c1)C(=O)CN(c1cccc(Br)c1)S(=O)(=O)c1ccc(C)cc1. The predicted octanol–water partition coefficient (Wildman–Crippen LogP) is 4.51. The molecule has 0 saturated carbocycles. The Balaban J connectivity index is 2.03. The number of carbonyl (C=O) groups excluding carboxylic acids is 2. The highest BCUT2D eigenvalue weighted by Crippen LogP contribution is 2.27. The number of halogens is 1. The first-order valence-electron chi connectivity index (χ1n) is 12.1. The third-order valence-electron chi connectivity index (χ3n) is 5.99. The van der Waals surface area contributed by atoms with Crippen molar-refractivity contribution in [2.24, 2.45) is 0 Å². The van der Waals surface area contributed by atoms with Crippen LogP contribution in [0.15, 0.2) is 82.2 Å². The first kappa shape index (κ1) is 29.2. The molecule has 10 heteroatoms. The quantitative estimate of drug-likeness (QED) is 0.349. The van der Waals surface area contributed by atoms with E-state index in [0.29, 0.717) is 22.5 Å². The average Bonchev–Trinajstić information content (AvgIpc) is 2.90. The summed E-state index contributed by atoms with van der Waals surface area (Å²) in [5, 5.41) is 2.75. The van der Waals surface area contributed by atoms with E-state index in [1.165, 1.54) is 17.0 Å². The number of likely N-dealkylation sites (N-methyl/N-ethyl adjacent to an activating group) is 1. The van der Waals surface area contributed by atoms with Crippen molar-refractivity contribution in [1.82, 2.24) is 10.2 Å². The van der Waals surface area contributed by atoms with Gasteiger partial charge >= 0.3 is 0 Å². The zero-order valence-electron chi connectivity index (χ0n) is 21.8. The maximum absolute atomic E-state index is 13.8. The number of ether oxygens (including phenoxy) is 1. The van der Waals surface area contributed by atoms with Crippen molar-refractivity contribution in [2.45, 2.75) is 38.3 Å². The van der Waals surface area contributed by atoms with Crippen molar-refractivity contribution < 1.29 is 22.7 Å². The number of aryl methyl sites for hydroxylation is 1. The number of carbonyl (C=O) groups is 2. The van der Waals surface area contributed by atoms with Crippen LogP contribution < -0.4 is 14.4 Å². The van der Waals surface area contributed by atoms with Gasteiger partial charge in [0.05, 0.1) is 17.7 Å². The molecule has 1 N–H and O–H groups in total. The summed E-state index contributed by atoms with van der Waals surface area (Å²) in [7, 11) is -2.56. The van der Waals surface area contributed by atoms with Gasteiger partial charge in [-0.15, -0.1) is 0 Å². The highest BCUT2D eigenvalue weighted by Gasteiger charge is 2.32. The number of methoxy groups -OCH3 is 1. The van der Waals surface area contributed by atoms with Gasteiger partial charge in [0.2, 0.25) is 11.8 Å². The Kier molecular flexibility index (Phi) is 9.93. The van der Waals surface area contributed by atoms with Gasteiger partial charge in [-0.1, -0.05) is 51.8 Å². The smallest absolute Gasteiger partial charge is 0.264 e. The normalized spacial score (nSPS) is 11.9. The molecule has 0 aliphatic heterocycles. The Morgan fingerprint density at radius 1 is 1.03 bits per heavy atom. The van der Waals surface area contributed by atoms with Crippen molar-refractivity contribution >= 4 is 43.5 Å². The molecule has 1 atom stereocenters. The summed E-state index contributed by atoms with van der Waals surface area (Å²) in [5.41, 5.74) is 1.97. The Bertz CT molecular complexity index is 1380. The summed E-state index contributed by atoms with van der Waals surface area (Å²) in [5.74, 6) is -0.250. The maximum Gasteiger partial charge on any atom is 0.264 e. The second kappa shape index (κ2) is 12.9. The fourth-order valence-electron chi connectivity index (χ4n) is 3.87. The van der Waals surface area contributed by atoms with Crippen molar-refractivity contribution in [3.8, 4) is 5.75 Å². The Labute approximate surface area is 232 Å². The van der Waals surface area contributed by atoms with E-state index in [4.69, 9.17) is 4.74 Å². The molecule has 202 valence electrons. The van der Waals surface area contributed by atoms with E-state index in [-0.39, 0.29) is 17.3 Å². The lowest BCUT2D eigenvalue weighted by Gasteiger charge is -2.32. The zero-order valence-corrected chi connectivity index (χ0v) is 24.3. The highest BCUT2D eigenvalue weighted by atomic mass is 79.9. The number of nitrogens with zero attached hydrogens (tertiary/aromatic N) is 2. The molecule has 0 saturated heterocycles. The second-order valence-corrected chi connectivity index (χ2v) is 11.5. The third-order valence-corrected chi connectivity index (χ3v) is 8.27. The van der Waals surface area contributed by atoms with Gasteiger partial charge in [-0.2, -0.15) is 0 Å². The van der Waals surface area contributed by atoms with Crippen LogP contribution in [0.1, 0.15) is 25.0 Å². The molecule has 0 aliphatic rings. The molecule has 38 heavy (non-hydrogen) atoms. The first-order chi connectivity index (χ1) is 18.1. The van der Waals surface area contributed by atoms with Crippen LogP contribution in [-0.2, 0) is 26.2 Å². The molecule has 3 aromatic rings. The molecule has 0 fully saturated rings. The Morgan fingerprint density at radius 3 is 2.34 bits per heavy atom. The number of rotatable bonds is 11. The molecular formula is C28H32BrN3O5S. The van der Waals surface area contributed by atoms with Crippen molar-refractivity contribution in [3.05, 3.63) is 88.4 Å². The summed E-state index contributed by atoms with van der Waals surface area (Å²) in [4.78, 5) is 28.1. The summed E-state index contributed by atoms with van der Waals surface area (Å²) in [6.07, 6.45) is 0. The lowest BCUT2D eigenvalue weighted by atomic mass is 10.1. The Morgan fingerprint density at radius 2 is 1.71 bits per heavy atom. The van der Waals surface area contributed by atoms with Crippen molar-refractivity contribution in [2.75, 3.05) is 24.5 Å². The number of hydrogen-bond donors (Lipinski definition) is 1. The van der Waals surface area contributed by atoms with Crippen LogP contribution in [0, 0.1) is 6.92 Å². The molecule has 0 unspecified atom stereocenters. The summed E-state index contributed by atoms with van der Waals surface area (Å²) >= 11 is 3.39. The summed E-state index contributed by atoms with van der Waals surface area (Å²) in [6.45, 7) is 5.27. The predicted molar refractivity (Wildman–Crippen MR) is 152 cm³/mol. The third kappa shape index (κ3) is 7.14. The lowest BCUT2D eigenvalue weighted by Crippen LogP contribution is -2.51. The van der Waals surface area contributed by atoms with Gasteiger partial charge < -0.3 is 15.0 Å². The number of benzene rings is 3. The van der Waals surface area contributed by atoms with Crippen molar-refractivity contribution in [1.29, 1.82) is 0 Å². The molecule has 0 aromatic heterocycles. The Hall–Kier alpha value is -3.37. The van der Waals surface area contributed by atoms with Gasteiger partial charge in [0.1, 0.15) is 18.3 Å². The van der Waals surface area contributed by atoms with E-state index in [9.17, 15) is 18.0 Å². The molecule has 0 radical (unpaired) electrons. The lowest BCUT2D eigenvalue weighted by molar-refractivity contribution is -0.139. The molecule has 0 heterocycles. The zero-order chi connectivity index (χ0) is 27.9. The number of amides is 2. The second-order valence-electron chi connectivity index (χ2n) is 8.75. The number of hydrogen-bond acceptors (Lipinski definition) is 5. The fraction of sp³-hybridized carbons (Fsp3) is 0.286. The number of nitrogens with one attached hydrogen (secondary N) is 1. The van der Waals surface area contributed by atoms with Crippen LogP contribution >= 0.6 is 15.9 Å². The highest BCUT2D eigenvalue weighted by molar-refractivity contribution is 9.10. The number of anilines is 1. The van der Waals surface area contributed by atoms with Crippen LogP contribution in [0.4, 0.5) is 5.69 Å². The molecule has 3 rings (SSSR count). The van der Waals surface area contributed by atoms with Gasteiger partial charge in [-0.25, -0.2) is 8.42 Å².